The molecular formula is C13H22N4O2. The number of aromatic nitrogens is 3. The molecular weight excluding hydrogens is 244 g/mol. The molecule has 1 saturated heterocycles. The van der Waals surface area contributed by atoms with Crippen LogP contribution in [0, 0.1) is 12.8 Å². The molecule has 0 aliphatic carbocycles. The minimum absolute atomic E-state index is 0.299. The van der Waals surface area contributed by atoms with E-state index in [2.05, 4.69) is 15.1 Å². The van der Waals surface area contributed by atoms with Crippen LogP contribution in [-0.4, -0.2) is 43.8 Å². The first kappa shape index (κ1) is 14.0. The summed E-state index contributed by atoms with van der Waals surface area (Å²) < 4.78 is 2.02. The van der Waals surface area contributed by atoms with Gasteiger partial charge in [0, 0.05) is 13.5 Å². The van der Waals surface area contributed by atoms with Gasteiger partial charge < -0.3 is 9.67 Å². The Balaban J connectivity index is 1.77. The number of carboxylic acids is 1. The zero-order chi connectivity index (χ0) is 13.8. The number of piperidine rings is 1. The van der Waals surface area contributed by atoms with Crippen LogP contribution < -0.4 is 0 Å². The lowest BCUT2D eigenvalue weighted by molar-refractivity contribution is -0.137. The molecule has 106 valence electrons. The van der Waals surface area contributed by atoms with Crippen LogP contribution in [-0.2, 0) is 18.4 Å². The highest BCUT2D eigenvalue weighted by atomic mass is 16.4. The molecule has 1 N–H and O–H groups in total. The summed E-state index contributed by atoms with van der Waals surface area (Å²) in [6, 6.07) is 0. The summed E-state index contributed by atoms with van der Waals surface area (Å²) >= 11 is 0. The third kappa shape index (κ3) is 3.76. The van der Waals surface area contributed by atoms with E-state index in [0.29, 0.717) is 12.3 Å². The Bertz CT molecular complexity index is 436. The number of rotatable bonds is 5. The average Bonchev–Trinajstić information content (AvgIpc) is 2.70. The fourth-order valence-electron chi connectivity index (χ4n) is 2.55. The molecule has 1 aromatic rings. The number of carbonyl (C=O) groups is 1. The molecule has 6 nitrogen and oxygen atoms in total. The first-order valence-corrected chi connectivity index (χ1v) is 6.85. The minimum atomic E-state index is -0.683. The molecule has 2 rings (SSSR count). The smallest absolute Gasteiger partial charge is 0.303 e. The number of aliphatic carboxylic acids is 1. The molecule has 0 aromatic carbocycles. The van der Waals surface area contributed by atoms with E-state index < -0.39 is 5.97 Å². The second-order valence-electron chi connectivity index (χ2n) is 5.37. The van der Waals surface area contributed by atoms with E-state index in [9.17, 15) is 4.79 Å². The predicted octanol–water partition coefficient (Wildman–Crippen LogP) is 1.20. The molecule has 0 unspecified atom stereocenters. The number of carboxylic acid groups (broad SMARTS) is 1. The maximum atomic E-state index is 10.6. The summed E-state index contributed by atoms with van der Waals surface area (Å²) in [6.07, 6.45) is 3.29. The summed E-state index contributed by atoms with van der Waals surface area (Å²) in [5, 5.41) is 16.9. The van der Waals surface area contributed by atoms with Crippen molar-refractivity contribution in [1.82, 2.24) is 19.7 Å². The van der Waals surface area contributed by atoms with Crippen molar-refractivity contribution in [3.05, 3.63) is 11.6 Å². The van der Waals surface area contributed by atoms with Crippen LogP contribution in [0.15, 0.2) is 0 Å². The van der Waals surface area contributed by atoms with E-state index in [1.165, 1.54) is 0 Å². The number of nitrogens with zero attached hydrogens (tertiary/aromatic N) is 4. The lowest BCUT2D eigenvalue weighted by Gasteiger charge is -2.31. The molecule has 0 saturated carbocycles. The minimum Gasteiger partial charge on any atom is -0.481 e. The normalized spacial score (nSPS) is 17.8. The van der Waals surface area contributed by atoms with Crippen LogP contribution in [0.1, 0.15) is 37.3 Å². The average molecular weight is 266 g/mol. The fourth-order valence-corrected chi connectivity index (χ4v) is 2.55. The van der Waals surface area contributed by atoms with Gasteiger partial charge in [-0.15, -0.1) is 10.2 Å². The highest BCUT2D eigenvalue weighted by molar-refractivity contribution is 5.66. The van der Waals surface area contributed by atoms with E-state index in [-0.39, 0.29) is 0 Å². The van der Waals surface area contributed by atoms with E-state index in [0.717, 1.165) is 50.5 Å². The molecule has 1 aliphatic heterocycles. The summed E-state index contributed by atoms with van der Waals surface area (Å²) in [4.78, 5) is 12.9. The Morgan fingerprint density at radius 2 is 2.05 bits per heavy atom. The van der Waals surface area contributed by atoms with Gasteiger partial charge in [-0.1, -0.05) is 0 Å². The first-order chi connectivity index (χ1) is 9.06. The van der Waals surface area contributed by atoms with Crippen LogP contribution in [0.3, 0.4) is 0 Å². The second-order valence-corrected chi connectivity index (χ2v) is 5.37. The van der Waals surface area contributed by atoms with Gasteiger partial charge in [-0.05, 0) is 45.2 Å². The van der Waals surface area contributed by atoms with Gasteiger partial charge in [0.05, 0.1) is 6.54 Å². The van der Waals surface area contributed by atoms with E-state index >= 15 is 0 Å². The van der Waals surface area contributed by atoms with Gasteiger partial charge in [0.1, 0.15) is 11.6 Å². The van der Waals surface area contributed by atoms with Gasteiger partial charge in [-0.2, -0.15) is 0 Å². The predicted molar refractivity (Wildman–Crippen MR) is 70.6 cm³/mol. The topological polar surface area (TPSA) is 71.2 Å². The molecule has 19 heavy (non-hydrogen) atoms. The van der Waals surface area contributed by atoms with Crippen molar-refractivity contribution in [3.63, 3.8) is 0 Å². The molecule has 0 atom stereocenters. The molecule has 1 fully saturated rings. The van der Waals surface area contributed by atoms with E-state index in [1.807, 2.05) is 18.5 Å². The Morgan fingerprint density at radius 3 is 2.58 bits per heavy atom. The Morgan fingerprint density at radius 1 is 1.37 bits per heavy atom. The maximum absolute atomic E-state index is 10.6. The fraction of sp³-hybridized carbons (Fsp3) is 0.769. The van der Waals surface area contributed by atoms with Crippen molar-refractivity contribution in [1.29, 1.82) is 0 Å². The molecule has 1 aliphatic rings. The van der Waals surface area contributed by atoms with Gasteiger partial charge in [0.2, 0.25) is 0 Å². The summed E-state index contributed by atoms with van der Waals surface area (Å²) in [5.41, 5.74) is 0. The van der Waals surface area contributed by atoms with Crippen LogP contribution in [0.2, 0.25) is 0 Å². The summed E-state index contributed by atoms with van der Waals surface area (Å²) in [7, 11) is 1.99. The van der Waals surface area contributed by atoms with Gasteiger partial charge in [0.25, 0.3) is 0 Å². The van der Waals surface area contributed by atoms with E-state index in [4.69, 9.17) is 5.11 Å². The third-order valence-electron chi connectivity index (χ3n) is 4.02. The maximum Gasteiger partial charge on any atom is 0.303 e. The third-order valence-corrected chi connectivity index (χ3v) is 4.02. The van der Waals surface area contributed by atoms with E-state index in [1.54, 1.807) is 0 Å². The molecule has 0 radical (unpaired) electrons. The highest BCUT2D eigenvalue weighted by Crippen LogP contribution is 2.22. The van der Waals surface area contributed by atoms with Crippen LogP contribution in [0.5, 0.6) is 0 Å². The Kier molecular flexibility index (Phi) is 4.52. The lowest BCUT2D eigenvalue weighted by atomic mass is 9.92. The number of aryl methyl sites for hydroxylation is 1. The highest BCUT2D eigenvalue weighted by Gasteiger charge is 2.21. The van der Waals surface area contributed by atoms with Crippen molar-refractivity contribution < 1.29 is 9.90 Å². The molecule has 6 heteroatoms. The van der Waals surface area contributed by atoms with Crippen molar-refractivity contribution >= 4 is 5.97 Å². The van der Waals surface area contributed by atoms with Crippen LogP contribution >= 0.6 is 0 Å². The van der Waals surface area contributed by atoms with Crippen LogP contribution in [0.4, 0.5) is 0 Å². The zero-order valence-corrected chi connectivity index (χ0v) is 11.7. The van der Waals surface area contributed by atoms with Crippen molar-refractivity contribution in [2.24, 2.45) is 13.0 Å². The Hall–Kier alpha value is -1.43. The van der Waals surface area contributed by atoms with Gasteiger partial charge in [0.15, 0.2) is 0 Å². The monoisotopic (exact) mass is 266 g/mol. The van der Waals surface area contributed by atoms with Crippen molar-refractivity contribution in [2.75, 3.05) is 13.1 Å². The first-order valence-electron chi connectivity index (χ1n) is 6.85. The summed E-state index contributed by atoms with van der Waals surface area (Å²) in [6.45, 7) is 4.84. The Labute approximate surface area is 113 Å². The molecule has 0 bridgehead atoms. The van der Waals surface area contributed by atoms with Crippen molar-refractivity contribution in [2.45, 2.75) is 39.2 Å². The van der Waals surface area contributed by atoms with Gasteiger partial charge in [-0.25, -0.2) is 0 Å². The lowest BCUT2D eigenvalue weighted by Crippen LogP contribution is -2.34. The number of hydrogen-bond acceptors (Lipinski definition) is 4. The van der Waals surface area contributed by atoms with Gasteiger partial charge in [-0.3, -0.25) is 9.69 Å². The SMILES string of the molecule is Cc1nnc(CN2CCC(CCC(=O)O)CC2)n1C. The second kappa shape index (κ2) is 6.14. The molecule has 0 spiro atoms. The molecule has 1 aromatic heterocycles. The van der Waals surface area contributed by atoms with Gasteiger partial charge >= 0.3 is 5.97 Å². The molecule has 2 heterocycles. The van der Waals surface area contributed by atoms with Crippen molar-refractivity contribution in [3.8, 4) is 0 Å². The quantitative estimate of drug-likeness (QED) is 0.867. The molecule has 0 amide bonds. The number of hydrogen-bond donors (Lipinski definition) is 1. The zero-order valence-electron chi connectivity index (χ0n) is 11.7. The standard InChI is InChI=1S/C13H22N4O2/c1-10-14-15-12(16(10)2)9-17-7-5-11(6-8-17)3-4-13(18)19/h11H,3-9H2,1-2H3,(H,18,19). The largest absolute Gasteiger partial charge is 0.481 e. The summed E-state index contributed by atoms with van der Waals surface area (Å²) in [5.74, 6) is 1.82. The number of likely N-dealkylation sites (tertiary alicyclic amines) is 1. The van der Waals surface area contributed by atoms with Crippen LogP contribution in [0.25, 0.3) is 0 Å².